The summed E-state index contributed by atoms with van der Waals surface area (Å²) in [6.45, 7) is 0.113. The molecule has 0 saturated carbocycles. The Labute approximate surface area is 251 Å². The van der Waals surface area contributed by atoms with Gasteiger partial charge in [0.15, 0.2) is 6.61 Å². The lowest BCUT2D eigenvalue weighted by molar-refractivity contribution is -0.137. The van der Waals surface area contributed by atoms with Gasteiger partial charge in [0.2, 0.25) is 0 Å². The fraction of sp³-hybridized carbons (Fsp3) is 0.161. The molecule has 0 spiro atoms. The van der Waals surface area contributed by atoms with Crippen LogP contribution in [0.2, 0.25) is 0 Å². The topological polar surface area (TPSA) is 114 Å². The zero-order valence-corrected chi connectivity index (χ0v) is 24.0. The fourth-order valence-corrected chi connectivity index (χ4v) is 5.64. The summed E-state index contributed by atoms with van der Waals surface area (Å²) in [7, 11) is -2.64. The summed E-state index contributed by atoms with van der Waals surface area (Å²) in [5.41, 5.74) is 1.41. The van der Waals surface area contributed by atoms with Gasteiger partial charge in [-0.3, -0.25) is 14.3 Å². The maximum atomic E-state index is 13.1. The molecule has 2 N–H and O–H groups in total. The van der Waals surface area contributed by atoms with E-state index in [1.807, 2.05) is 6.07 Å². The Morgan fingerprint density at radius 2 is 1.59 bits per heavy atom. The molecule has 13 heteroatoms. The first-order valence-corrected chi connectivity index (χ1v) is 14.7. The van der Waals surface area contributed by atoms with E-state index in [2.05, 4.69) is 10.0 Å². The molecule has 9 nitrogen and oxygen atoms in total. The fourth-order valence-electron chi connectivity index (χ4n) is 4.59. The van der Waals surface area contributed by atoms with Gasteiger partial charge in [-0.2, -0.15) is 13.2 Å². The molecular weight excluding hydrogens is 599 g/mol. The smallest absolute Gasteiger partial charge is 0.416 e. The number of anilines is 3. The van der Waals surface area contributed by atoms with E-state index in [0.717, 1.165) is 17.7 Å². The zero-order chi connectivity index (χ0) is 31.5. The predicted octanol–water partition coefficient (Wildman–Crippen LogP) is 5.74. The van der Waals surface area contributed by atoms with E-state index in [0.29, 0.717) is 41.7 Å². The number of ether oxygens (including phenoxy) is 2. The molecule has 4 aromatic carbocycles. The van der Waals surface area contributed by atoms with Crippen molar-refractivity contribution < 1.29 is 40.7 Å². The molecule has 2 amide bonds. The molecule has 228 valence electrons. The van der Waals surface area contributed by atoms with Crippen molar-refractivity contribution in [1.29, 1.82) is 0 Å². The van der Waals surface area contributed by atoms with Gasteiger partial charge in [0.05, 0.1) is 17.6 Å². The van der Waals surface area contributed by atoms with Crippen molar-refractivity contribution >= 4 is 38.9 Å². The molecule has 0 saturated heterocycles. The summed E-state index contributed by atoms with van der Waals surface area (Å²) >= 11 is 0. The highest BCUT2D eigenvalue weighted by molar-refractivity contribution is 7.92. The number of nitrogens with one attached hydrogen (secondary N) is 2. The van der Waals surface area contributed by atoms with Crippen molar-refractivity contribution in [3.05, 3.63) is 108 Å². The summed E-state index contributed by atoms with van der Waals surface area (Å²) in [4.78, 5) is 27.2. The molecule has 0 aliphatic carbocycles. The van der Waals surface area contributed by atoms with Crippen molar-refractivity contribution in [3.8, 4) is 11.5 Å². The number of carbonyl (C=O) groups excluding carboxylic acids is 2. The third-order valence-electron chi connectivity index (χ3n) is 6.79. The highest BCUT2D eigenvalue weighted by Gasteiger charge is 2.31. The van der Waals surface area contributed by atoms with Crippen LogP contribution in [0.3, 0.4) is 0 Å². The summed E-state index contributed by atoms with van der Waals surface area (Å²) in [5, 5.41) is 2.73. The highest BCUT2D eigenvalue weighted by Crippen LogP contribution is 2.33. The van der Waals surface area contributed by atoms with Crippen LogP contribution in [-0.2, 0) is 27.4 Å². The lowest BCUT2D eigenvalue weighted by Crippen LogP contribution is -2.29. The second-order valence-electron chi connectivity index (χ2n) is 9.77. The molecule has 44 heavy (non-hydrogen) atoms. The number of sulfonamides is 1. The van der Waals surface area contributed by atoms with Crippen LogP contribution in [-0.4, -0.2) is 40.5 Å². The van der Waals surface area contributed by atoms with Crippen LogP contribution in [0.5, 0.6) is 11.5 Å². The molecule has 0 atom stereocenters. The molecule has 1 aliphatic rings. The van der Waals surface area contributed by atoms with Gasteiger partial charge >= 0.3 is 6.18 Å². The number of amides is 2. The summed E-state index contributed by atoms with van der Waals surface area (Å²) < 4.78 is 77.0. The normalized spacial score (nSPS) is 12.8. The third kappa shape index (κ3) is 6.94. The second kappa shape index (κ2) is 12.3. The van der Waals surface area contributed by atoms with Gasteiger partial charge in [0.1, 0.15) is 11.5 Å². The molecular formula is C31H26F3N3O6S. The lowest BCUT2D eigenvalue weighted by Gasteiger charge is -2.18. The predicted molar refractivity (Wildman–Crippen MR) is 158 cm³/mol. The molecule has 0 unspecified atom stereocenters. The van der Waals surface area contributed by atoms with Crippen molar-refractivity contribution in [3.63, 3.8) is 0 Å². The van der Waals surface area contributed by atoms with Gasteiger partial charge in [-0.1, -0.05) is 12.1 Å². The summed E-state index contributed by atoms with van der Waals surface area (Å²) in [5.74, 6) is 0.179. The van der Waals surface area contributed by atoms with E-state index in [9.17, 15) is 31.2 Å². The van der Waals surface area contributed by atoms with Gasteiger partial charge in [-0.15, -0.1) is 0 Å². The van der Waals surface area contributed by atoms with Gasteiger partial charge in [0.25, 0.3) is 21.8 Å². The van der Waals surface area contributed by atoms with Gasteiger partial charge in [-0.25, -0.2) is 8.42 Å². The quantitative estimate of drug-likeness (QED) is 0.246. The molecule has 5 rings (SSSR count). The lowest BCUT2D eigenvalue weighted by atomic mass is 10.1. The summed E-state index contributed by atoms with van der Waals surface area (Å²) in [6, 6.07) is 21.0. The number of halogens is 3. The van der Waals surface area contributed by atoms with E-state index < -0.39 is 27.7 Å². The number of hydrogen-bond acceptors (Lipinski definition) is 6. The maximum absolute atomic E-state index is 13.1. The second-order valence-corrected chi connectivity index (χ2v) is 11.5. The van der Waals surface area contributed by atoms with Crippen LogP contribution in [0.4, 0.5) is 30.2 Å². The number of fused-ring (bicyclic) bond motifs is 1. The first-order chi connectivity index (χ1) is 20.9. The molecule has 4 aromatic rings. The Hall–Kier alpha value is -5.04. The molecule has 0 aromatic heterocycles. The number of hydrogen-bond donors (Lipinski definition) is 2. The Balaban J connectivity index is 1.18. The van der Waals surface area contributed by atoms with Crippen molar-refractivity contribution in [1.82, 2.24) is 0 Å². The van der Waals surface area contributed by atoms with Crippen LogP contribution in [0.15, 0.2) is 95.9 Å². The minimum absolute atomic E-state index is 0.172. The van der Waals surface area contributed by atoms with Crippen LogP contribution >= 0.6 is 0 Å². The highest BCUT2D eigenvalue weighted by atomic mass is 32.2. The zero-order valence-electron chi connectivity index (χ0n) is 23.2. The van der Waals surface area contributed by atoms with Gasteiger partial charge in [-0.05, 0) is 90.8 Å². The van der Waals surface area contributed by atoms with Crippen LogP contribution in [0, 0.1) is 0 Å². The van der Waals surface area contributed by atoms with Gasteiger partial charge in [0, 0.05) is 29.2 Å². The SMILES string of the molecule is COc1ccc(C(=O)N2CCc3ccc(NC(=O)COc4ccc(S(=O)(=O)Nc5cccc(C(F)(F)F)c5)cc4)cc32)cc1. The number of methoxy groups -OCH3 is 1. The first kappa shape index (κ1) is 30.4. The van der Waals surface area contributed by atoms with E-state index in [-0.39, 0.29) is 28.8 Å². The molecule has 0 bridgehead atoms. The molecule has 0 radical (unpaired) electrons. The molecule has 1 heterocycles. The number of benzene rings is 4. The maximum Gasteiger partial charge on any atom is 0.416 e. The van der Waals surface area contributed by atoms with Crippen molar-refractivity contribution in [2.24, 2.45) is 0 Å². The monoisotopic (exact) mass is 625 g/mol. The Morgan fingerprint density at radius 1 is 0.886 bits per heavy atom. The van der Waals surface area contributed by atoms with Crippen LogP contribution in [0.25, 0.3) is 0 Å². The standard InChI is InChI=1S/C31H26F3N3O6S/c1-42-25-9-6-21(7-10-25)30(39)37-16-15-20-5-8-23(18-28(20)37)35-29(38)19-43-26-11-13-27(14-12-26)44(40,41)36-24-4-2-3-22(17-24)31(32,33)34/h2-14,17-18,36H,15-16,19H2,1H3,(H,35,38). The average Bonchev–Trinajstić information content (AvgIpc) is 3.43. The van der Waals surface area contributed by atoms with Crippen LogP contribution in [0.1, 0.15) is 21.5 Å². The number of alkyl halides is 3. The Bertz CT molecular complexity index is 1790. The van der Waals surface area contributed by atoms with Gasteiger partial charge < -0.3 is 19.7 Å². The first-order valence-electron chi connectivity index (χ1n) is 13.2. The summed E-state index contributed by atoms with van der Waals surface area (Å²) in [6.07, 6.45) is -3.94. The minimum Gasteiger partial charge on any atom is -0.497 e. The Morgan fingerprint density at radius 3 is 2.27 bits per heavy atom. The van der Waals surface area contributed by atoms with E-state index in [4.69, 9.17) is 9.47 Å². The van der Waals surface area contributed by atoms with Crippen LogP contribution < -0.4 is 24.4 Å². The minimum atomic E-state index is -4.62. The largest absolute Gasteiger partial charge is 0.497 e. The van der Waals surface area contributed by atoms with Crippen molar-refractivity contribution in [2.75, 3.05) is 35.2 Å². The van der Waals surface area contributed by atoms with Crippen molar-refractivity contribution in [2.45, 2.75) is 17.5 Å². The molecule has 1 aliphatic heterocycles. The Kier molecular flexibility index (Phi) is 8.50. The van der Waals surface area contributed by atoms with E-state index in [1.165, 1.54) is 30.3 Å². The number of rotatable bonds is 9. The third-order valence-corrected chi connectivity index (χ3v) is 8.19. The number of carbonyl (C=O) groups is 2. The van der Waals surface area contributed by atoms with E-state index in [1.54, 1.807) is 48.4 Å². The number of nitrogens with zero attached hydrogens (tertiary/aromatic N) is 1. The molecule has 0 fully saturated rings. The average molecular weight is 626 g/mol. The van der Waals surface area contributed by atoms with E-state index >= 15 is 0 Å².